The molecule has 1 aromatic rings. The Kier molecular flexibility index (Phi) is 5.82. The fraction of sp³-hybridized carbons (Fsp3) is 0.231. The maximum atomic E-state index is 10.7. The lowest BCUT2D eigenvalue weighted by Crippen LogP contribution is -1.84. The zero-order valence-electron chi connectivity index (χ0n) is 9.44. The summed E-state index contributed by atoms with van der Waals surface area (Å²) >= 11 is 7.16. The molecule has 88 valence electrons. The fourth-order valence-electron chi connectivity index (χ4n) is 1.25. The largest absolute Gasteiger partial charge is 0.288 e. The normalized spacial score (nSPS) is 10.4. The highest BCUT2D eigenvalue weighted by Crippen LogP contribution is 2.17. The van der Waals surface area contributed by atoms with Crippen molar-refractivity contribution in [3.05, 3.63) is 40.4 Å². The van der Waals surface area contributed by atoms with E-state index in [2.05, 4.69) is 6.07 Å². The van der Waals surface area contributed by atoms with E-state index in [1.165, 1.54) is 11.8 Å². The molecule has 0 unspecified atom stereocenters. The molecule has 0 atom stereocenters. The number of thioether (sulfide) groups is 1. The van der Waals surface area contributed by atoms with Gasteiger partial charge in [0.2, 0.25) is 0 Å². The first-order valence-corrected chi connectivity index (χ1v) is 6.49. The van der Waals surface area contributed by atoms with Crippen LogP contribution in [0.3, 0.4) is 0 Å². The number of hydrogen-bond acceptors (Lipinski definition) is 3. The van der Waals surface area contributed by atoms with Crippen LogP contribution < -0.4 is 0 Å². The van der Waals surface area contributed by atoms with Crippen molar-refractivity contribution in [3.63, 3.8) is 0 Å². The molecule has 0 amide bonds. The first kappa shape index (κ1) is 13.8. The molecule has 0 aliphatic rings. The highest BCUT2D eigenvalue weighted by atomic mass is 35.5. The summed E-state index contributed by atoms with van der Waals surface area (Å²) in [6.45, 7) is 1.55. The number of halogens is 1. The smallest absolute Gasteiger partial charge is 0.185 e. The average molecular weight is 266 g/mol. The molecule has 0 aromatic heterocycles. The predicted octanol–water partition coefficient (Wildman–Crippen LogP) is 3.89. The molecule has 17 heavy (non-hydrogen) atoms. The topological polar surface area (TPSA) is 40.9 Å². The lowest BCUT2D eigenvalue weighted by molar-refractivity contribution is -0.109. The molecule has 0 bridgehead atoms. The van der Waals surface area contributed by atoms with Crippen LogP contribution in [0.1, 0.15) is 24.5 Å². The standard InChI is InChI=1S/C13H12ClNOS/c1-10(16)17-7-3-2-4-11-8-13(14)6-5-12(11)9-15/h2,4-6,8H,3,7H2,1H3. The van der Waals surface area contributed by atoms with Gasteiger partial charge >= 0.3 is 0 Å². The summed E-state index contributed by atoms with van der Waals surface area (Å²) in [6, 6.07) is 7.27. The summed E-state index contributed by atoms with van der Waals surface area (Å²) in [6.07, 6.45) is 4.61. The van der Waals surface area contributed by atoms with E-state index in [0.29, 0.717) is 10.6 Å². The summed E-state index contributed by atoms with van der Waals surface area (Å²) in [5, 5.41) is 9.65. The van der Waals surface area contributed by atoms with Crippen LogP contribution >= 0.6 is 23.4 Å². The Hall–Kier alpha value is -1.24. The molecule has 0 aliphatic heterocycles. The molecule has 4 heteroatoms. The second kappa shape index (κ2) is 7.16. The predicted molar refractivity (Wildman–Crippen MR) is 73.0 cm³/mol. The Balaban J connectivity index is 2.61. The Morgan fingerprint density at radius 1 is 1.59 bits per heavy atom. The van der Waals surface area contributed by atoms with Crippen LogP contribution in [-0.4, -0.2) is 10.9 Å². The van der Waals surface area contributed by atoms with Crippen LogP contribution in [0, 0.1) is 11.3 Å². The van der Waals surface area contributed by atoms with Gasteiger partial charge in [0.15, 0.2) is 5.12 Å². The minimum absolute atomic E-state index is 0.124. The van der Waals surface area contributed by atoms with Crippen LogP contribution in [0.5, 0.6) is 0 Å². The molecule has 0 radical (unpaired) electrons. The minimum atomic E-state index is 0.124. The SMILES string of the molecule is CC(=O)SCCC=Cc1cc(Cl)ccc1C#N. The van der Waals surface area contributed by atoms with E-state index in [1.807, 2.05) is 12.2 Å². The number of rotatable bonds is 4. The van der Waals surface area contributed by atoms with Crippen molar-refractivity contribution in [2.45, 2.75) is 13.3 Å². The zero-order chi connectivity index (χ0) is 12.7. The third kappa shape index (κ3) is 5.08. The Labute approximate surface area is 110 Å². The monoisotopic (exact) mass is 265 g/mol. The first-order chi connectivity index (χ1) is 8.13. The molecule has 2 nitrogen and oxygen atoms in total. The van der Waals surface area contributed by atoms with Crippen LogP contribution in [-0.2, 0) is 4.79 Å². The maximum absolute atomic E-state index is 10.7. The zero-order valence-corrected chi connectivity index (χ0v) is 11.0. The lowest BCUT2D eigenvalue weighted by Gasteiger charge is -1.98. The van der Waals surface area contributed by atoms with E-state index in [1.54, 1.807) is 25.1 Å². The molecular formula is C13H12ClNOS. The van der Waals surface area contributed by atoms with E-state index in [-0.39, 0.29) is 5.12 Å². The van der Waals surface area contributed by atoms with Crippen molar-refractivity contribution in [2.24, 2.45) is 0 Å². The Morgan fingerprint density at radius 2 is 2.35 bits per heavy atom. The summed E-state index contributed by atoms with van der Waals surface area (Å²) in [5.74, 6) is 0.758. The van der Waals surface area contributed by atoms with Gasteiger partial charge in [-0.2, -0.15) is 5.26 Å². The highest BCUT2D eigenvalue weighted by Gasteiger charge is 1.99. The van der Waals surface area contributed by atoms with Gasteiger partial charge in [0.05, 0.1) is 11.6 Å². The minimum Gasteiger partial charge on any atom is -0.288 e. The van der Waals surface area contributed by atoms with Crippen LogP contribution in [0.4, 0.5) is 0 Å². The third-order valence-electron chi connectivity index (χ3n) is 2.02. The Bertz CT molecular complexity index is 477. The quantitative estimate of drug-likeness (QED) is 0.776. The number of nitrogens with zero attached hydrogens (tertiary/aromatic N) is 1. The molecule has 0 saturated carbocycles. The number of nitriles is 1. The van der Waals surface area contributed by atoms with Gasteiger partial charge in [-0.15, -0.1) is 0 Å². The van der Waals surface area contributed by atoms with Gasteiger partial charge in [-0.3, -0.25) is 4.79 Å². The number of benzene rings is 1. The highest BCUT2D eigenvalue weighted by molar-refractivity contribution is 8.13. The van der Waals surface area contributed by atoms with Gasteiger partial charge < -0.3 is 0 Å². The van der Waals surface area contributed by atoms with Gasteiger partial charge in [0, 0.05) is 17.7 Å². The van der Waals surface area contributed by atoms with Crippen LogP contribution in [0.2, 0.25) is 5.02 Å². The van der Waals surface area contributed by atoms with Crippen molar-refractivity contribution >= 4 is 34.6 Å². The van der Waals surface area contributed by atoms with E-state index in [0.717, 1.165) is 17.7 Å². The number of hydrogen-bond donors (Lipinski definition) is 0. The van der Waals surface area contributed by atoms with Gasteiger partial charge in [-0.05, 0) is 30.2 Å². The molecular weight excluding hydrogens is 254 g/mol. The second-order valence-corrected chi connectivity index (χ2v) is 5.08. The van der Waals surface area contributed by atoms with Crippen molar-refractivity contribution in [1.82, 2.24) is 0 Å². The molecule has 1 aromatic carbocycles. The molecule has 1 rings (SSSR count). The first-order valence-electron chi connectivity index (χ1n) is 5.13. The second-order valence-electron chi connectivity index (χ2n) is 3.37. The Morgan fingerprint density at radius 3 is 3.00 bits per heavy atom. The van der Waals surface area contributed by atoms with Crippen molar-refractivity contribution in [2.75, 3.05) is 5.75 Å². The van der Waals surface area contributed by atoms with Crippen LogP contribution in [0.25, 0.3) is 6.08 Å². The molecule has 0 fully saturated rings. The van der Waals surface area contributed by atoms with E-state index < -0.39 is 0 Å². The summed E-state index contributed by atoms with van der Waals surface area (Å²) in [4.78, 5) is 10.7. The summed E-state index contributed by atoms with van der Waals surface area (Å²) in [5.41, 5.74) is 1.41. The van der Waals surface area contributed by atoms with Crippen molar-refractivity contribution in [1.29, 1.82) is 5.26 Å². The van der Waals surface area contributed by atoms with Crippen LogP contribution in [0.15, 0.2) is 24.3 Å². The number of carbonyl (C=O) groups excluding carboxylic acids is 1. The molecule has 0 heterocycles. The van der Waals surface area contributed by atoms with Gasteiger partial charge in [-0.25, -0.2) is 0 Å². The summed E-state index contributed by atoms with van der Waals surface area (Å²) < 4.78 is 0. The third-order valence-corrected chi connectivity index (χ3v) is 3.10. The van der Waals surface area contributed by atoms with E-state index in [9.17, 15) is 4.79 Å². The molecule has 0 N–H and O–H groups in total. The van der Waals surface area contributed by atoms with E-state index in [4.69, 9.17) is 16.9 Å². The fourth-order valence-corrected chi connectivity index (χ4v) is 1.98. The maximum Gasteiger partial charge on any atom is 0.185 e. The lowest BCUT2D eigenvalue weighted by atomic mass is 10.1. The average Bonchev–Trinajstić information content (AvgIpc) is 2.28. The van der Waals surface area contributed by atoms with Crippen molar-refractivity contribution in [3.8, 4) is 6.07 Å². The molecule has 0 aliphatic carbocycles. The van der Waals surface area contributed by atoms with E-state index >= 15 is 0 Å². The van der Waals surface area contributed by atoms with Gasteiger partial charge in [0.25, 0.3) is 0 Å². The summed E-state index contributed by atoms with van der Waals surface area (Å²) in [7, 11) is 0. The number of carbonyl (C=O) groups is 1. The number of allylic oxidation sites excluding steroid dienone is 1. The molecule has 0 saturated heterocycles. The van der Waals surface area contributed by atoms with Crippen molar-refractivity contribution < 1.29 is 4.79 Å². The molecule has 0 spiro atoms. The van der Waals surface area contributed by atoms with Gasteiger partial charge in [-0.1, -0.05) is 35.5 Å². The van der Waals surface area contributed by atoms with Gasteiger partial charge in [0.1, 0.15) is 0 Å².